The van der Waals surface area contributed by atoms with Crippen LogP contribution in [0.4, 0.5) is 32.0 Å². The van der Waals surface area contributed by atoms with Crippen LogP contribution in [0, 0.1) is 0 Å². The zero-order valence-electron chi connectivity index (χ0n) is 22.5. The van der Waals surface area contributed by atoms with E-state index in [1.165, 1.54) is 42.2 Å². The monoisotopic (exact) mass is 631 g/mol. The van der Waals surface area contributed by atoms with E-state index in [-0.39, 0.29) is 40.7 Å². The summed E-state index contributed by atoms with van der Waals surface area (Å²) < 4.78 is 109. The van der Waals surface area contributed by atoms with Gasteiger partial charge in [0.2, 0.25) is 23.4 Å². The van der Waals surface area contributed by atoms with E-state index in [9.17, 15) is 39.6 Å². The molecule has 0 spiro atoms. The minimum atomic E-state index is -4.91. The summed E-state index contributed by atoms with van der Waals surface area (Å²) in [5, 5.41) is 10.5. The van der Waals surface area contributed by atoms with Crippen molar-refractivity contribution >= 4 is 27.1 Å². The van der Waals surface area contributed by atoms with Gasteiger partial charge in [-0.3, -0.25) is 4.79 Å². The summed E-state index contributed by atoms with van der Waals surface area (Å²) in [6.45, 7) is 4.69. The van der Waals surface area contributed by atoms with Crippen LogP contribution in [0.25, 0.3) is 11.5 Å². The molecular weight excluding hydrogens is 608 g/mol. The van der Waals surface area contributed by atoms with Gasteiger partial charge in [0.15, 0.2) is 15.4 Å². The summed E-state index contributed by atoms with van der Waals surface area (Å²) in [5.74, 6) is -3.84. The van der Waals surface area contributed by atoms with Crippen LogP contribution in [0.1, 0.15) is 37.3 Å². The average molecular weight is 632 g/mol. The number of oxime groups is 1. The first-order valence-corrected chi connectivity index (χ1v) is 13.9. The van der Waals surface area contributed by atoms with Crippen molar-refractivity contribution in [1.29, 1.82) is 0 Å². The minimum Gasteiger partial charge on any atom is -0.418 e. The number of benzene rings is 2. The van der Waals surface area contributed by atoms with Crippen LogP contribution in [0.3, 0.4) is 0 Å². The topological polar surface area (TPSA) is 141 Å². The van der Waals surface area contributed by atoms with Gasteiger partial charge in [-0.1, -0.05) is 29.4 Å². The van der Waals surface area contributed by atoms with Gasteiger partial charge < -0.3 is 19.9 Å². The molecule has 1 aliphatic rings. The predicted molar refractivity (Wildman–Crippen MR) is 140 cm³/mol. The number of fused-ring (bicyclic) bond motifs is 1. The number of nitrogens with zero attached hydrogens (tertiary/aromatic N) is 4. The zero-order chi connectivity index (χ0) is 32.0. The molecule has 0 aliphatic carbocycles. The Morgan fingerprint density at radius 3 is 2.37 bits per heavy atom. The number of hydrogen-bond acceptors (Lipinski definition) is 9. The second-order valence-corrected chi connectivity index (χ2v) is 11.8. The van der Waals surface area contributed by atoms with Crippen molar-refractivity contribution in [2.24, 2.45) is 10.9 Å². The Morgan fingerprint density at radius 2 is 1.77 bits per heavy atom. The van der Waals surface area contributed by atoms with E-state index in [2.05, 4.69) is 26.8 Å². The molecule has 0 fully saturated rings. The van der Waals surface area contributed by atoms with Gasteiger partial charge in [0, 0.05) is 12.0 Å². The third kappa shape index (κ3) is 6.56. The van der Waals surface area contributed by atoms with Gasteiger partial charge in [0.05, 0.1) is 28.6 Å². The van der Waals surface area contributed by atoms with E-state index >= 15 is 0 Å². The van der Waals surface area contributed by atoms with Gasteiger partial charge in [-0.25, -0.2) is 8.42 Å². The van der Waals surface area contributed by atoms with Crippen molar-refractivity contribution in [2.45, 2.75) is 49.6 Å². The molecule has 3 aromatic rings. The van der Waals surface area contributed by atoms with E-state index < -0.39 is 51.0 Å². The first-order chi connectivity index (χ1) is 19.8. The fourth-order valence-corrected chi connectivity index (χ4v) is 5.26. The molecule has 1 aliphatic heterocycles. The lowest BCUT2D eigenvalue weighted by Gasteiger charge is -2.23. The molecule has 2 heterocycles. The fraction of sp³-hybridized carbons (Fsp3) is 0.308. The number of allylic oxidation sites excluding steroid dienone is 1. The average Bonchev–Trinajstić information content (AvgIpc) is 3.40. The second-order valence-electron chi connectivity index (χ2n) is 9.73. The Morgan fingerprint density at radius 1 is 1.12 bits per heavy atom. The van der Waals surface area contributed by atoms with Gasteiger partial charge in [-0.2, -0.15) is 26.3 Å². The Labute approximate surface area is 240 Å². The standard InChI is InChI=1S/C26H23F6N5O5S/c1-14(36-42-15(2)25(27,28)29)17-6-4-16(5-7-17)13-37-19-12-18(8-9-20(19)43(39,40)11-10-21(37)38)22-34-35-23(41-22)24(3,33)26(30,31)32/h4-9,12H,2,10-11,13,33H2,1,3H3/b36-14+/t24-/m1/s1. The van der Waals surface area contributed by atoms with Gasteiger partial charge >= 0.3 is 12.4 Å². The van der Waals surface area contributed by atoms with Crippen LogP contribution in [0.15, 0.2) is 69.3 Å². The highest BCUT2D eigenvalue weighted by molar-refractivity contribution is 7.91. The molecule has 10 nitrogen and oxygen atoms in total. The number of rotatable bonds is 7. The quantitative estimate of drug-likeness (QED) is 0.166. The fourth-order valence-electron chi connectivity index (χ4n) is 3.83. The molecule has 230 valence electrons. The number of carbonyl (C=O) groups excluding carboxylic acids is 1. The molecular formula is C26H23F6N5O5S. The van der Waals surface area contributed by atoms with Crippen molar-refractivity contribution < 1.29 is 48.8 Å². The summed E-state index contributed by atoms with van der Waals surface area (Å²) in [7, 11) is -3.93. The number of sulfone groups is 1. The largest absolute Gasteiger partial charge is 0.451 e. The van der Waals surface area contributed by atoms with Crippen LogP contribution in [0.2, 0.25) is 0 Å². The summed E-state index contributed by atoms with van der Waals surface area (Å²) >= 11 is 0. The number of carbonyl (C=O) groups is 1. The molecule has 1 atom stereocenters. The summed E-state index contributed by atoms with van der Waals surface area (Å²) in [6, 6.07) is 9.81. The van der Waals surface area contributed by atoms with E-state index in [1.807, 2.05) is 0 Å². The molecule has 0 bridgehead atoms. The SMILES string of the molecule is C=C(O/N=C(\C)c1ccc(CN2C(=O)CCS(=O)(=O)c3ccc(-c4nnc([C@@](C)(N)C(F)(F)F)o4)cc32)cc1)C(F)(F)F. The molecule has 4 rings (SSSR count). The number of alkyl halides is 6. The van der Waals surface area contributed by atoms with Crippen molar-refractivity contribution in [3.05, 3.63) is 71.8 Å². The Kier molecular flexibility index (Phi) is 8.18. The van der Waals surface area contributed by atoms with Gasteiger partial charge in [-0.15, -0.1) is 10.2 Å². The lowest BCUT2D eigenvalue weighted by atomic mass is 10.0. The van der Waals surface area contributed by atoms with Crippen LogP contribution >= 0.6 is 0 Å². The third-order valence-electron chi connectivity index (χ3n) is 6.50. The minimum absolute atomic E-state index is 0.0352. The maximum Gasteiger partial charge on any atom is 0.451 e. The van der Waals surface area contributed by atoms with Crippen LogP contribution in [-0.4, -0.2) is 48.3 Å². The first kappa shape index (κ1) is 31.7. The molecule has 0 saturated carbocycles. The van der Waals surface area contributed by atoms with Crippen molar-refractivity contribution in [3.8, 4) is 11.5 Å². The van der Waals surface area contributed by atoms with Gasteiger partial charge in [0.1, 0.15) is 0 Å². The van der Waals surface area contributed by atoms with Crippen LogP contribution < -0.4 is 10.6 Å². The summed E-state index contributed by atoms with van der Waals surface area (Å²) in [4.78, 5) is 18.4. The number of nitrogens with two attached hydrogens (primary N) is 1. The Balaban J connectivity index is 1.66. The highest BCUT2D eigenvalue weighted by atomic mass is 32.2. The van der Waals surface area contributed by atoms with Crippen LogP contribution in [-0.2, 0) is 31.6 Å². The molecule has 17 heteroatoms. The van der Waals surface area contributed by atoms with E-state index in [1.54, 1.807) is 12.1 Å². The number of halogens is 6. The van der Waals surface area contributed by atoms with E-state index in [0.29, 0.717) is 18.1 Å². The highest BCUT2D eigenvalue weighted by Gasteiger charge is 2.53. The zero-order valence-corrected chi connectivity index (χ0v) is 23.3. The molecule has 0 radical (unpaired) electrons. The maximum atomic E-state index is 13.3. The van der Waals surface area contributed by atoms with Gasteiger partial charge in [-0.05, 0) is 49.8 Å². The van der Waals surface area contributed by atoms with Crippen molar-refractivity contribution in [2.75, 3.05) is 10.7 Å². The molecule has 1 aromatic heterocycles. The number of amides is 1. The third-order valence-corrected chi connectivity index (χ3v) is 8.25. The first-order valence-electron chi connectivity index (χ1n) is 12.3. The molecule has 2 aromatic carbocycles. The maximum absolute atomic E-state index is 13.3. The van der Waals surface area contributed by atoms with Gasteiger partial charge in [0.25, 0.3) is 0 Å². The second kappa shape index (κ2) is 11.1. The number of aromatic nitrogens is 2. The summed E-state index contributed by atoms with van der Waals surface area (Å²) in [6.07, 6.45) is -10.0. The Hall–Kier alpha value is -4.25. The molecule has 0 unspecified atom stereocenters. The smallest absolute Gasteiger partial charge is 0.418 e. The number of hydrogen-bond donors (Lipinski definition) is 1. The number of anilines is 1. The van der Waals surface area contributed by atoms with E-state index in [4.69, 9.17) is 10.2 Å². The molecule has 43 heavy (non-hydrogen) atoms. The Bertz CT molecular complexity index is 1700. The summed E-state index contributed by atoms with van der Waals surface area (Å²) in [5.41, 5.74) is 3.37. The highest BCUT2D eigenvalue weighted by Crippen LogP contribution is 2.38. The molecule has 0 saturated heterocycles. The molecule has 2 N–H and O–H groups in total. The lowest BCUT2D eigenvalue weighted by Crippen LogP contribution is -2.48. The van der Waals surface area contributed by atoms with Crippen molar-refractivity contribution in [1.82, 2.24) is 10.2 Å². The normalized spacial score (nSPS) is 17.2. The lowest BCUT2D eigenvalue weighted by molar-refractivity contribution is -0.190. The predicted octanol–water partition coefficient (Wildman–Crippen LogP) is 5.00. The molecule has 1 amide bonds. The van der Waals surface area contributed by atoms with E-state index in [0.717, 1.165) is 0 Å². The van der Waals surface area contributed by atoms with Crippen LogP contribution in [0.5, 0.6) is 0 Å². The van der Waals surface area contributed by atoms with Crippen molar-refractivity contribution in [3.63, 3.8) is 0 Å².